The van der Waals surface area contributed by atoms with Gasteiger partial charge in [-0.1, -0.05) is 26.2 Å². The van der Waals surface area contributed by atoms with Gasteiger partial charge in [-0.2, -0.15) is 0 Å². The summed E-state index contributed by atoms with van der Waals surface area (Å²) >= 11 is 0. The molecule has 118 valence electrons. The molecule has 6 heteroatoms. The van der Waals surface area contributed by atoms with E-state index in [1.54, 1.807) is 12.3 Å². The lowest BCUT2D eigenvalue weighted by molar-refractivity contribution is 0.357. The summed E-state index contributed by atoms with van der Waals surface area (Å²) < 4.78 is 27.7. The highest BCUT2D eigenvalue weighted by molar-refractivity contribution is 7.89. The van der Waals surface area contributed by atoms with Crippen LogP contribution >= 0.6 is 0 Å². The normalized spacial score (nSPS) is 16.8. The van der Waals surface area contributed by atoms with Crippen LogP contribution in [0.5, 0.6) is 0 Å². The van der Waals surface area contributed by atoms with E-state index in [0.717, 1.165) is 25.8 Å². The van der Waals surface area contributed by atoms with E-state index in [1.807, 2.05) is 6.92 Å². The average molecular weight is 311 g/mol. The molecular weight excluding hydrogens is 286 g/mol. The van der Waals surface area contributed by atoms with Crippen molar-refractivity contribution in [1.82, 2.24) is 9.71 Å². The van der Waals surface area contributed by atoms with Crippen LogP contribution in [-0.4, -0.2) is 26.5 Å². The Balaban J connectivity index is 2.04. The molecule has 21 heavy (non-hydrogen) atoms. The van der Waals surface area contributed by atoms with Crippen molar-refractivity contribution in [2.75, 3.05) is 18.4 Å². The molecule has 1 saturated carbocycles. The Morgan fingerprint density at radius 1 is 1.29 bits per heavy atom. The van der Waals surface area contributed by atoms with E-state index in [9.17, 15) is 8.42 Å². The number of hydrogen-bond acceptors (Lipinski definition) is 4. The van der Waals surface area contributed by atoms with Gasteiger partial charge < -0.3 is 5.32 Å². The Bertz CT molecular complexity index is 540. The number of aromatic nitrogens is 1. The second-order valence-corrected chi connectivity index (χ2v) is 7.39. The molecule has 0 atom stereocenters. The first-order valence-corrected chi connectivity index (χ1v) is 9.29. The fraction of sp³-hybridized carbons (Fsp3) is 0.667. The van der Waals surface area contributed by atoms with Crippen molar-refractivity contribution in [2.45, 2.75) is 50.3 Å². The standard InChI is InChI=1S/C15H25N3O2S/c1-2-9-17-14-8-10-16-12-15(14)21(19,20)18-11-13-6-4-3-5-7-13/h8,10,12-13,18H,2-7,9,11H2,1H3,(H,16,17). The van der Waals surface area contributed by atoms with E-state index in [4.69, 9.17) is 0 Å². The number of anilines is 1. The number of nitrogens with zero attached hydrogens (tertiary/aromatic N) is 1. The molecule has 1 aromatic heterocycles. The lowest BCUT2D eigenvalue weighted by Gasteiger charge is -2.22. The molecule has 0 aromatic carbocycles. The summed E-state index contributed by atoms with van der Waals surface area (Å²) in [5.74, 6) is 0.470. The highest BCUT2D eigenvalue weighted by Gasteiger charge is 2.21. The Hall–Kier alpha value is -1.14. The molecule has 1 aliphatic carbocycles. The summed E-state index contributed by atoms with van der Waals surface area (Å²) in [6, 6.07) is 1.71. The molecule has 0 radical (unpaired) electrons. The molecule has 0 unspecified atom stereocenters. The quantitative estimate of drug-likeness (QED) is 0.812. The molecule has 2 rings (SSSR count). The SMILES string of the molecule is CCCNc1ccncc1S(=O)(=O)NCC1CCCCC1. The summed E-state index contributed by atoms with van der Waals surface area (Å²) in [6.07, 6.45) is 9.91. The van der Waals surface area contributed by atoms with Gasteiger partial charge in [0.25, 0.3) is 0 Å². The molecule has 1 fully saturated rings. The molecule has 5 nitrogen and oxygen atoms in total. The van der Waals surface area contributed by atoms with Gasteiger partial charge in [0.1, 0.15) is 4.90 Å². The van der Waals surface area contributed by atoms with Crippen molar-refractivity contribution in [3.05, 3.63) is 18.5 Å². The number of pyridine rings is 1. The average Bonchev–Trinajstić information content (AvgIpc) is 2.52. The third-order valence-electron chi connectivity index (χ3n) is 3.93. The van der Waals surface area contributed by atoms with Crippen molar-refractivity contribution in [3.8, 4) is 0 Å². The van der Waals surface area contributed by atoms with E-state index in [0.29, 0.717) is 18.2 Å². The smallest absolute Gasteiger partial charge is 0.244 e. The van der Waals surface area contributed by atoms with Crippen molar-refractivity contribution in [3.63, 3.8) is 0 Å². The highest BCUT2D eigenvalue weighted by Crippen LogP contribution is 2.24. The van der Waals surface area contributed by atoms with Crippen LogP contribution in [0.15, 0.2) is 23.4 Å². The predicted octanol–water partition coefficient (Wildman–Crippen LogP) is 2.76. The Morgan fingerprint density at radius 2 is 2.05 bits per heavy atom. The van der Waals surface area contributed by atoms with Gasteiger partial charge in [0.2, 0.25) is 10.0 Å². The van der Waals surface area contributed by atoms with Crippen LogP contribution in [-0.2, 0) is 10.0 Å². The third kappa shape index (κ3) is 4.68. The third-order valence-corrected chi connectivity index (χ3v) is 5.38. The monoisotopic (exact) mass is 311 g/mol. The molecular formula is C15H25N3O2S. The Morgan fingerprint density at radius 3 is 2.76 bits per heavy atom. The lowest BCUT2D eigenvalue weighted by atomic mass is 9.90. The maximum absolute atomic E-state index is 12.5. The van der Waals surface area contributed by atoms with E-state index in [1.165, 1.54) is 25.5 Å². The largest absolute Gasteiger partial charge is 0.384 e. The summed E-state index contributed by atoms with van der Waals surface area (Å²) in [7, 11) is -3.50. The fourth-order valence-corrected chi connectivity index (χ4v) is 3.94. The first-order valence-electron chi connectivity index (χ1n) is 7.81. The van der Waals surface area contributed by atoms with Gasteiger partial charge in [-0.05, 0) is 31.2 Å². The van der Waals surface area contributed by atoms with E-state index in [-0.39, 0.29) is 4.90 Å². The molecule has 2 N–H and O–H groups in total. The number of nitrogens with one attached hydrogen (secondary N) is 2. The van der Waals surface area contributed by atoms with E-state index < -0.39 is 10.0 Å². The topological polar surface area (TPSA) is 71.1 Å². The summed E-state index contributed by atoms with van der Waals surface area (Å²) in [5.41, 5.74) is 0.628. The second kappa shape index (κ2) is 7.75. The number of sulfonamides is 1. The molecule has 1 heterocycles. The Kier molecular flexibility index (Phi) is 5.99. The van der Waals surface area contributed by atoms with Crippen LogP contribution in [0.25, 0.3) is 0 Å². The van der Waals surface area contributed by atoms with Crippen LogP contribution in [0.1, 0.15) is 45.4 Å². The highest BCUT2D eigenvalue weighted by atomic mass is 32.2. The van der Waals surface area contributed by atoms with Crippen LogP contribution < -0.4 is 10.0 Å². The fourth-order valence-electron chi connectivity index (χ4n) is 2.70. The summed E-state index contributed by atoms with van der Waals surface area (Å²) in [6.45, 7) is 3.32. The zero-order valence-corrected chi connectivity index (χ0v) is 13.5. The van der Waals surface area contributed by atoms with Gasteiger partial charge in [0.15, 0.2) is 0 Å². The lowest BCUT2D eigenvalue weighted by Crippen LogP contribution is -2.31. The first kappa shape index (κ1) is 16.2. The van der Waals surface area contributed by atoms with Crippen molar-refractivity contribution in [2.24, 2.45) is 5.92 Å². The van der Waals surface area contributed by atoms with Crippen molar-refractivity contribution in [1.29, 1.82) is 0 Å². The van der Waals surface area contributed by atoms with Crippen LogP contribution in [0.4, 0.5) is 5.69 Å². The molecule has 0 aliphatic heterocycles. The molecule has 1 aliphatic rings. The first-order chi connectivity index (χ1) is 10.1. The molecule has 0 spiro atoms. The van der Waals surface area contributed by atoms with Crippen LogP contribution in [0.2, 0.25) is 0 Å². The van der Waals surface area contributed by atoms with Crippen molar-refractivity contribution >= 4 is 15.7 Å². The minimum Gasteiger partial charge on any atom is -0.384 e. The van der Waals surface area contributed by atoms with Gasteiger partial charge in [-0.15, -0.1) is 0 Å². The minimum atomic E-state index is -3.50. The predicted molar refractivity (Wildman–Crippen MR) is 84.8 cm³/mol. The van der Waals surface area contributed by atoms with Gasteiger partial charge >= 0.3 is 0 Å². The van der Waals surface area contributed by atoms with Crippen molar-refractivity contribution < 1.29 is 8.42 Å². The molecule has 0 bridgehead atoms. The van der Waals surface area contributed by atoms with E-state index >= 15 is 0 Å². The maximum atomic E-state index is 12.5. The second-order valence-electron chi connectivity index (χ2n) is 5.65. The molecule has 0 amide bonds. The van der Waals surface area contributed by atoms with Crippen LogP contribution in [0.3, 0.4) is 0 Å². The zero-order chi connectivity index (χ0) is 15.1. The van der Waals surface area contributed by atoms with Gasteiger partial charge in [-0.3, -0.25) is 4.98 Å². The van der Waals surface area contributed by atoms with Gasteiger partial charge in [-0.25, -0.2) is 13.1 Å². The number of rotatable bonds is 7. The van der Waals surface area contributed by atoms with Gasteiger partial charge in [0.05, 0.1) is 5.69 Å². The van der Waals surface area contributed by atoms with E-state index in [2.05, 4.69) is 15.0 Å². The van der Waals surface area contributed by atoms with Crippen LogP contribution in [0, 0.1) is 5.92 Å². The maximum Gasteiger partial charge on any atom is 0.244 e. The summed E-state index contributed by atoms with van der Waals surface area (Å²) in [5, 5.41) is 3.15. The zero-order valence-electron chi connectivity index (χ0n) is 12.6. The minimum absolute atomic E-state index is 0.245. The molecule has 0 saturated heterocycles. The molecule has 1 aromatic rings. The van der Waals surface area contributed by atoms with Gasteiger partial charge in [0, 0.05) is 25.5 Å². The summed E-state index contributed by atoms with van der Waals surface area (Å²) in [4.78, 5) is 4.20. The Labute approximate surface area is 127 Å². The number of hydrogen-bond donors (Lipinski definition) is 2.